The number of thiocarbonyl (C=S) groups is 1. The van der Waals surface area contributed by atoms with E-state index in [-0.39, 0.29) is 5.91 Å². The summed E-state index contributed by atoms with van der Waals surface area (Å²) >= 11 is 5.18. The molecule has 1 rings (SSSR count). The van der Waals surface area contributed by atoms with E-state index in [2.05, 4.69) is 34.1 Å². The van der Waals surface area contributed by atoms with E-state index in [1.54, 1.807) is 0 Å². The van der Waals surface area contributed by atoms with Crippen molar-refractivity contribution in [1.82, 2.24) is 10.6 Å². The van der Waals surface area contributed by atoms with E-state index in [0.717, 1.165) is 11.3 Å². The predicted molar refractivity (Wildman–Crippen MR) is 78.8 cm³/mol. The second kappa shape index (κ2) is 6.96. The number of benzene rings is 1. The summed E-state index contributed by atoms with van der Waals surface area (Å²) in [6.07, 6.45) is 0. The Morgan fingerprint density at radius 2 is 1.89 bits per heavy atom. The van der Waals surface area contributed by atoms with Gasteiger partial charge in [0, 0.05) is 25.7 Å². The van der Waals surface area contributed by atoms with Crippen LogP contribution in [0.5, 0.6) is 0 Å². The quantitative estimate of drug-likeness (QED) is 0.573. The molecule has 0 unspecified atom stereocenters. The Balaban J connectivity index is 2.40. The number of carbonyl (C=O) groups excluding carboxylic acids is 1. The first-order valence-corrected chi connectivity index (χ1v) is 6.26. The fourth-order valence-corrected chi connectivity index (χ4v) is 1.66. The van der Waals surface area contributed by atoms with Gasteiger partial charge in [0.05, 0.1) is 0 Å². The van der Waals surface area contributed by atoms with Crippen LogP contribution in [0.4, 0.5) is 5.69 Å². The molecule has 0 spiro atoms. The molecule has 0 radical (unpaired) electrons. The van der Waals surface area contributed by atoms with Gasteiger partial charge in [0.1, 0.15) is 0 Å². The molecule has 0 aliphatic carbocycles. The first-order valence-electron chi connectivity index (χ1n) is 5.85. The molecular weight excluding hydrogens is 246 g/mol. The third-order valence-electron chi connectivity index (χ3n) is 2.43. The maximum atomic E-state index is 10.7. The highest BCUT2D eigenvalue weighted by Gasteiger charge is 2.01. The van der Waals surface area contributed by atoms with Crippen molar-refractivity contribution >= 4 is 28.9 Å². The topological polar surface area (TPSA) is 53.2 Å². The van der Waals surface area contributed by atoms with Crippen LogP contribution in [0.2, 0.25) is 0 Å². The van der Waals surface area contributed by atoms with Gasteiger partial charge in [-0.05, 0) is 43.3 Å². The van der Waals surface area contributed by atoms with Crippen LogP contribution in [-0.2, 0) is 4.79 Å². The minimum atomic E-state index is -0.0368. The lowest BCUT2D eigenvalue weighted by Gasteiger charge is -2.13. The lowest BCUT2D eigenvalue weighted by molar-refractivity contribution is -0.118. The van der Waals surface area contributed by atoms with Crippen molar-refractivity contribution in [3.05, 3.63) is 29.3 Å². The highest BCUT2D eigenvalue weighted by Crippen LogP contribution is 2.15. The smallest absolute Gasteiger partial charge is 0.216 e. The highest BCUT2D eigenvalue weighted by molar-refractivity contribution is 7.80. The van der Waals surface area contributed by atoms with E-state index >= 15 is 0 Å². The van der Waals surface area contributed by atoms with Crippen molar-refractivity contribution in [2.45, 2.75) is 20.8 Å². The molecule has 1 amide bonds. The number of anilines is 1. The highest BCUT2D eigenvalue weighted by atomic mass is 32.1. The molecule has 3 N–H and O–H groups in total. The van der Waals surface area contributed by atoms with Gasteiger partial charge in [-0.3, -0.25) is 4.79 Å². The molecule has 5 heteroatoms. The van der Waals surface area contributed by atoms with Crippen molar-refractivity contribution in [1.29, 1.82) is 0 Å². The normalized spacial score (nSPS) is 9.72. The zero-order valence-corrected chi connectivity index (χ0v) is 11.8. The third kappa shape index (κ3) is 5.14. The molecule has 1 aromatic carbocycles. The molecule has 0 bridgehead atoms. The average Bonchev–Trinajstić information content (AvgIpc) is 2.29. The minimum Gasteiger partial charge on any atom is -0.361 e. The van der Waals surface area contributed by atoms with Gasteiger partial charge < -0.3 is 16.0 Å². The van der Waals surface area contributed by atoms with Crippen LogP contribution in [0, 0.1) is 13.8 Å². The largest absolute Gasteiger partial charge is 0.361 e. The van der Waals surface area contributed by atoms with Gasteiger partial charge in [-0.15, -0.1) is 0 Å². The summed E-state index contributed by atoms with van der Waals surface area (Å²) in [7, 11) is 0. The summed E-state index contributed by atoms with van der Waals surface area (Å²) in [6.45, 7) is 6.73. The molecule has 0 heterocycles. The lowest BCUT2D eigenvalue weighted by Crippen LogP contribution is -2.36. The van der Waals surface area contributed by atoms with Crippen molar-refractivity contribution in [2.75, 3.05) is 18.4 Å². The van der Waals surface area contributed by atoms with Crippen molar-refractivity contribution in [3.8, 4) is 0 Å². The van der Waals surface area contributed by atoms with Gasteiger partial charge in [-0.2, -0.15) is 0 Å². The first-order chi connectivity index (χ1) is 8.49. The molecule has 0 fully saturated rings. The fourth-order valence-electron chi connectivity index (χ4n) is 1.45. The van der Waals surface area contributed by atoms with Gasteiger partial charge in [0.25, 0.3) is 0 Å². The first kappa shape index (κ1) is 14.4. The molecule has 1 aromatic rings. The summed E-state index contributed by atoms with van der Waals surface area (Å²) < 4.78 is 0. The van der Waals surface area contributed by atoms with Gasteiger partial charge in [0.15, 0.2) is 5.11 Å². The minimum absolute atomic E-state index is 0.0368. The summed E-state index contributed by atoms with van der Waals surface area (Å²) in [6, 6.07) is 6.17. The number of aryl methyl sites for hydroxylation is 2. The predicted octanol–water partition coefficient (Wildman–Crippen LogP) is 1.73. The average molecular weight is 265 g/mol. The molecule has 4 nitrogen and oxygen atoms in total. The Morgan fingerprint density at radius 1 is 1.22 bits per heavy atom. The van der Waals surface area contributed by atoms with Gasteiger partial charge >= 0.3 is 0 Å². The maximum absolute atomic E-state index is 10.7. The molecule has 0 aliphatic heterocycles. The second-order valence-corrected chi connectivity index (χ2v) is 4.59. The molecule has 0 aromatic heterocycles. The number of rotatable bonds is 4. The zero-order valence-electron chi connectivity index (χ0n) is 11.0. The Morgan fingerprint density at radius 3 is 2.56 bits per heavy atom. The van der Waals surface area contributed by atoms with Gasteiger partial charge in [0.2, 0.25) is 5.91 Å². The van der Waals surface area contributed by atoms with E-state index < -0.39 is 0 Å². The van der Waals surface area contributed by atoms with Gasteiger partial charge in [-0.25, -0.2) is 0 Å². The number of hydrogen-bond donors (Lipinski definition) is 3. The molecule has 0 saturated heterocycles. The summed E-state index contributed by atoms with van der Waals surface area (Å²) in [4.78, 5) is 10.7. The Bertz CT molecular complexity index is 446. The van der Waals surface area contributed by atoms with Gasteiger partial charge in [-0.1, -0.05) is 12.1 Å². The molecule has 0 aliphatic rings. The lowest BCUT2D eigenvalue weighted by atomic mass is 10.1. The molecule has 98 valence electrons. The van der Waals surface area contributed by atoms with E-state index in [1.807, 2.05) is 13.8 Å². The van der Waals surface area contributed by atoms with E-state index in [0.29, 0.717) is 18.2 Å². The van der Waals surface area contributed by atoms with Crippen molar-refractivity contribution in [3.63, 3.8) is 0 Å². The summed E-state index contributed by atoms with van der Waals surface area (Å²) in [5.41, 5.74) is 3.34. The number of amides is 1. The van der Waals surface area contributed by atoms with Crippen LogP contribution in [-0.4, -0.2) is 24.1 Å². The fraction of sp³-hybridized carbons (Fsp3) is 0.385. The number of hydrogen-bond acceptors (Lipinski definition) is 2. The number of nitrogens with one attached hydrogen (secondary N) is 3. The Kier molecular flexibility index (Phi) is 5.58. The molecule has 0 atom stereocenters. The van der Waals surface area contributed by atoms with Crippen LogP contribution in [0.1, 0.15) is 18.1 Å². The van der Waals surface area contributed by atoms with Crippen LogP contribution in [0.3, 0.4) is 0 Å². The standard InChI is InChI=1S/C13H19N3OS/c1-9-4-5-10(2)12(8-9)16-13(18)15-7-6-14-11(3)17/h4-5,8H,6-7H2,1-3H3,(H,14,17)(H2,15,16,18). The van der Waals surface area contributed by atoms with E-state index in [9.17, 15) is 4.79 Å². The van der Waals surface area contributed by atoms with E-state index in [1.165, 1.54) is 12.5 Å². The maximum Gasteiger partial charge on any atom is 0.216 e. The summed E-state index contributed by atoms with van der Waals surface area (Å²) in [5, 5.41) is 9.45. The Hall–Kier alpha value is -1.62. The van der Waals surface area contributed by atoms with Crippen molar-refractivity contribution < 1.29 is 4.79 Å². The molecule has 0 saturated carbocycles. The monoisotopic (exact) mass is 265 g/mol. The molecule has 18 heavy (non-hydrogen) atoms. The van der Waals surface area contributed by atoms with Crippen LogP contribution in [0.25, 0.3) is 0 Å². The molecular formula is C13H19N3OS. The van der Waals surface area contributed by atoms with Crippen LogP contribution < -0.4 is 16.0 Å². The van der Waals surface area contributed by atoms with Crippen molar-refractivity contribution in [2.24, 2.45) is 0 Å². The second-order valence-electron chi connectivity index (χ2n) is 4.18. The zero-order chi connectivity index (χ0) is 13.5. The Labute approximate surface area is 113 Å². The van der Waals surface area contributed by atoms with Crippen LogP contribution in [0.15, 0.2) is 18.2 Å². The summed E-state index contributed by atoms with van der Waals surface area (Å²) in [5.74, 6) is -0.0368. The SMILES string of the molecule is CC(=O)NCCNC(=S)Nc1cc(C)ccc1C. The van der Waals surface area contributed by atoms with Crippen LogP contribution >= 0.6 is 12.2 Å². The van der Waals surface area contributed by atoms with E-state index in [4.69, 9.17) is 12.2 Å². The third-order valence-corrected chi connectivity index (χ3v) is 2.67. The number of carbonyl (C=O) groups is 1.